The van der Waals surface area contributed by atoms with Crippen LogP contribution in [0.3, 0.4) is 0 Å². The van der Waals surface area contributed by atoms with E-state index in [1.165, 1.54) is 12.3 Å². The molecular formula is C25H28O12. The fraction of sp³-hybridized carbons (Fsp3) is 0.440. The number of fused-ring (bicyclic) bond motifs is 1. The highest BCUT2D eigenvalue weighted by Crippen LogP contribution is 2.43. The quantitative estimate of drug-likeness (QED) is 0.121. The van der Waals surface area contributed by atoms with E-state index < -0.39 is 79.2 Å². The summed E-state index contributed by atoms with van der Waals surface area (Å²) >= 11 is 0. The van der Waals surface area contributed by atoms with Crippen LogP contribution in [0.1, 0.15) is 12.0 Å². The predicted octanol–water partition coefficient (Wildman–Crippen LogP) is -0.169. The Bertz CT molecular complexity index is 1080. The fourth-order valence-corrected chi connectivity index (χ4v) is 4.73. The Labute approximate surface area is 211 Å². The number of aliphatic carboxylic acids is 1. The van der Waals surface area contributed by atoms with Crippen LogP contribution in [0.15, 0.2) is 60.6 Å². The standard InChI is InChI=1S/C25H28O12/c1-2-13-16-12(10-34-24(13)37-25-21(30)20(29)18(27)15(9-26)36-25)8-14(35-23(16)33)17(19(28)22(31)32)11-6-4-3-5-7-11/h2-7,10,13-16,18,20-21,24-30H,1,8-9H2,(H,31,32)/b19-17+/t13-,14-,15-,16-,18-,20+,21-,24+,25+/m1/s1. The SMILES string of the molecule is C=C[C@H]1[C@H](O[C@@H]2O[C@H](CO)[C@@H](O)[C@H](O)[C@H]2O)OC=C2C[C@H](/C(=C(/O)C(=O)O)c3ccccc3)OC(=O)[C@H]21. The molecule has 0 bridgehead atoms. The van der Waals surface area contributed by atoms with E-state index in [0.29, 0.717) is 11.1 Å². The molecule has 0 radical (unpaired) electrons. The lowest BCUT2D eigenvalue weighted by Crippen LogP contribution is -2.60. The number of carbonyl (C=O) groups is 2. The third kappa shape index (κ3) is 5.12. The van der Waals surface area contributed by atoms with E-state index >= 15 is 0 Å². The van der Waals surface area contributed by atoms with Gasteiger partial charge < -0.3 is 49.6 Å². The van der Waals surface area contributed by atoms with E-state index in [-0.39, 0.29) is 12.0 Å². The second kappa shape index (κ2) is 11.0. The summed E-state index contributed by atoms with van der Waals surface area (Å²) in [7, 11) is 0. The highest BCUT2D eigenvalue weighted by Gasteiger charge is 2.50. The molecular weight excluding hydrogens is 492 g/mol. The lowest BCUT2D eigenvalue weighted by molar-refractivity contribution is -0.339. The molecule has 12 nitrogen and oxygen atoms in total. The molecule has 1 aromatic carbocycles. The van der Waals surface area contributed by atoms with Crippen LogP contribution in [-0.2, 0) is 28.5 Å². The summed E-state index contributed by atoms with van der Waals surface area (Å²) in [6.45, 7) is 3.08. The molecule has 3 heterocycles. The van der Waals surface area contributed by atoms with Gasteiger partial charge in [0.1, 0.15) is 30.5 Å². The first kappa shape index (κ1) is 26.8. The second-order valence-electron chi connectivity index (χ2n) is 8.88. The number of hydrogen-bond acceptors (Lipinski definition) is 11. The maximum Gasteiger partial charge on any atom is 0.371 e. The van der Waals surface area contributed by atoms with Gasteiger partial charge in [0.2, 0.25) is 12.0 Å². The van der Waals surface area contributed by atoms with E-state index in [9.17, 15) is 40.2 Å². The van der Waals surface area contributed by atoms with Gasteiger partial charge in [-0.3, -0.25) is 4.79 Å². The zero-order valence-electron chi connectivity index (χ0n) is 19.5. The number of carboxylic acids is 1. The first-order valence-electron chi connectivity index (χ1n) is 11.5. The van der Waals surface area contributed by atoms with Crippen molar-refractivity contribution in [3.05, 3.63) is 66.1 Å². The third-order valence-corrected chi connectivity index (χ3v) is 6.64. The van der Waals surface area contributed by atoms with Crippen LogP contribution in [0.25, 0.3) is 5.57 Å². The maximum absolute atomic E-state index is 13.2. The summed E-state index contributed by atoms with van der Waals surface area (Å²) in [6.07, 6.45) is -7.34. The molecule has 2 fully saturated rings. The summed E-state index contributed by atoms with van der Waals surface area (Å²) in [5.74, 6) is -5.07. The van der Waals surface area contributed by atoms with Crippen LogP contribution in [-0.4, -0.2) is 92.3 Å². The summed E-state index contributed by atoms with van der Waals surface area (Å²) in [6, 6.07) is 8.17. The number of ether oxygens (including phenoxy) is 4. The van der Waals surface area contributed by atoms with E-state index in [1.54, 1.807) is 30.3 Å². The number of cyclic esters (lactones) is 1. The summed E-state index contributed by atoms with van der Waals surface area (Å²) in [5, 5.41) is 59.4. The Balaban J connectivity index is 1.58. The van der Waals surface area contributed by atoms with Crippen molar-refractivity contribution in [2.24, 2.45) is 11.8 Å². The van der Waals surface area contributed by atoms with Crippen molar-refractivity contribution in [1.82, 2.24) is 0 Å². The first-order valence-corrected chi connectivity index (χ1v) is 11.5. The summed E-state index contributed by atoms with van der Waals surface area (Å²) < 4.78 is 22.3. The summed E-state index contributed by atoms with van der Waals surface area (Å²) in [5.41, 5.74) is 0.724. The molecule has 9 atom stereocenters. The van der Waals surface area contributed by atoms with Gasteiger partial charge in [0.05, 0.1) is 24.7 Å². The van der Waals surface area contributed by atoms with Gasteiger partial charge in [0.25, 0.3) is 0 Å². The minimum absolute atomic E-state index is 0.00901. The van der Waals surface area contributed by atoms with E-state index in [0.717, 1.165) is 0 Å². The van der Waals surface area contributed by atoms with Gasteiger partial charge in [0.15, 0.2) is 6.29 Å². The van der Waals surface area contributed by atoms with Crippen LogP contribution in [0.4, 0.5) is 0 Å². The van der Waals surface area contributed by atoms with Gasteiger partial charge in [-0.2, -0.15) is 0 Å². The number of benzene rings is 1. The van der Waals surface area contributed by atoms with Crippen molar-refractivity contribution >= 4 is 17.5 Å². The molecule has 4 rings (SSSR count). The fourth-order valence-electron chi connectivity index (χ4n) is 4.73. The minimum Gasteiger partial charge on any atom is -0.502 e. The molecule has 0 aromatic heterocycles. The van der Waals surface area contributed by atoms with Gasteiger partial charge in [-0.15, -0.1) is 6.58 Å². The Kier molecular flexibility index (Phi) is 7.97. The van der Waals surface area contributed by atoms with Gasteiger partial charge in [-0.05, 0) is 11.1 Å². The van der Waals surface area contributed by atoms with Crippen molar-refractivity contribution in [3.63, 3.8) is 0 Å². The molecule has 6 N–H and O–H groups in total. The Morgan fingerprint density at radius 1 is 1.08 bits per heavy atom. The Morgan fingerprint density at radius 3 is 2.41 bits per heavy atom. The number of carboxylic acid groups (broad SMARTS) is 1. The normalized spacial score (nSPS) is 36.3. The monoisotopic (exact) mass is 520 g/mol. The van der Waals surface area contributed by atoms with Crippen molar-refractivity contribution in [2.45, 2.75) is 49.5 Å². The van der Waals surface area contributed by atoms with Crippen LogP contribution >= 0.6 is 0 Å². The number of esters is 1. The Morgan fingerprint density at radius 2 is 1.78 bits per heavy atom. The van der Waals surface area contributed by atoms with Crippen molar-refractivity contribution in [3.8, 4) is 0 Å². The number of hydrogen-bond donors (Lipinski definition) is 6. The van der Waals surface area contributed by atoms with Gasteiger partial charge in [0, 0.05) is 12.0 Å². The molecule has 1 aromatic rings. The average molecular weight is 520 g/mol. The molecule has 0 amide bonds. The maximum atomic E-state index is 13.2. The van der Waals surface area contributed by atoms with Gasteiger partial charge in [-0.25, -0.2) is 4.79 Å². The smallest absolute Gasteiger partial charge is 0.371 e. The highest BCUT2D eigenvalue weighted by molar-refractivity contribution is 5.95. The van der Waals surface area contributed by atoms with Crippen LogP contribution < -0.4 is 0 Å². The lowest BCUT2D eigenvalue weighted by Gasteiger charge is -2.44. The number of aliphatic hydroxyl groups excluding tert-OH is 5. The molecule has 0 saturated carbocycles. The molecule has 200 valence electrons. The largest absolute Gasteiger partial charge is 0.502 e. The van der Waals surface area contributed by atoms with Crippen LogP contribution in [0.5, 0.6) is 0 Å². The molecule has 3 aliphatic heterocycles. The third-order valence-electron chi connectivity index (χ3n) is 6.64. The predicted molar refractivity (Wildman–Crippen MR) is 123 cm³/mol. The van der Waals surface area contributed by atoms with Crippen LogP contribution in [0, 0.1) is 11.8 Å². The molecule has 37 heavy (non-hydrogen) atoms. The van der Waals surface area contributed by atoms with Gasteiger partial charge >= 0.3 is 11.9 Å². The van der Waals surface area contributed by atoms with Crippen molar-refractivity contribution in [1.29, 1.82) is 0 Å². The molecule has 3 aliphatic rings. The van der Waals surface area contributed by atoms with E-state index in [2.05, 4.69) is 6.58 Å². The summed E-state index contributed by atoms with van der Waals surface area (Å²) in [4.78, 5) is 24.7. The topological polar surface area (TPSA) is 192 Å². The van der Waals surface area contributed by atoms with E-state index in [1.807, 2.05) is 0 Å². The first-order chi connectivity index (χ1) is 17.7. The zero-order valence-corrected chi connectivity index (χ0v) is 19.5. The van der Waals surface area contributed by atoms with Gasteiger partial charge in [-0.1, -0.05) is 36.4 Å². The van der Waals surface area contributed by atoms with Crippen molar-refractivity contribution < 1.29 is 59.2 Å². The highest BCUT2D eigenvalue weighted by atomic mass is 16.8. The molecule has 0 spiro atoms. The Hall–Kier alpha value is -3.26. The second-order valence-corrected chi connectivity index (χ2v) is 8.88. The number of carbonyl (C=O) groups excluding carboxylic acids is 1. The van der Waals surface area contributed by atoms with E-state index in [4.69, 9.17) is 18.9 Å². The van der Waals surface area contributed by atoms with Crippen LogP contribution in [0.2, 0.25) is 0 Å². The molecule has 0 unspecified atom stereocenters. The zero-order chi connectivity index (χ0) is 26.9. The molecule has 0 aliphatic carbocycles. The lowest BCUT2D eigenvalue weighted by atomic mass is 9.78. The molecule has 2 saturated heterocycles. The van der Waals surface area contributed by atoms with Crippen molar-refractivity contribution in [2.75, 3.05) is 6.61 Å². The number of aliphatic hydroxyl groups is 5. The molecule has 12 heteroatoms. The minimum atomic E-state index is -1.68. The average Bonchev–Trinajstić information content (AvgIpc) is 2.89. The number of rotatable bonds is 7.